The Bertz CT molecular complexity index is 557. The molecule has 0 spiro atoms. The fourth-order valence-corrected chi connectivity index (χ4v) is 2.85. The second kappa shape index (κ2) is 5.94. The average molecular weight is 294 g/mol. The number of carboxylic acids is 1. The van der Waals surface area contributed by atoms with Gasteiger partial charge in [-0.25, -0.2) is 4.98 Å². The summed E-state index contributed by atoms with van der Waals surface area (Å²) >= 11 is 6.24. The third-order valence-corrected chi connectivity index (χ3v) is 3.83. The Morgan fingerprint density at radius 1 is 1.47 bits per heavy atom. The van der Waals surface area contributed by atoms with Crippen LogP contribution in [0.25, 0.3) is 6.08 Å². The lowest BCUT2D eigenvalue weighted by Crippen LogP contribution is -2.33. The number of amides is 1. The van der Waals surface area contributed by atoms with Crippen LogP contribution < -0.4 is 10.1 Å². The third-order valence-electron chi connectivity index (χ3n) is 2.45. The molecule has 1 aliphatic heterocycles. The van der Waals surface area contributed by atoms with Crippen molar-refractivity contribution in [3.8, 4) is 0 Å². The minimum Gasteiger partial charge on any atom is -0.550 e. The van der Waals surface area contributed by atoms with Crippen molar-refractivity contribution in [1.29, 1.82) is 0 Å². The van der Waals surface area contributed by atoms with Gasteiger partial charge in [0.2, 0.25) is 0 Å². The summed E-state index contributed by atoms with van der Waals surface area (Å²) in [5.74, 6) is -1.46. The van der Waals surface area contributed by atoms with Gasteiger partial charge in [0.15, 0.2) is 12.4 Å². The molecule has 1 fully saturated rings. The SMILES string of the molecule is O=C([O-])CCN1C(=O)C(=Cc2cc[nH+]cc2)SC1=S. The number of aromatic nitrogens is 1. The first kappa shape index (κ1) is 13.7. The lowest BCUT2D eigenvalue weighted by atomic mass is 10.2. The molecule has 0 saturated carbocycles. The fraction of sp³-hybridized carbons (Fsp3) is 0.167. The van der Waals surface area contributed by atoms with Gasteiger partial charge in [-0.05, 0) is 11.6 Å². The molecule has 2 rings (SSSR count). The summed E-state index contributed by atoms with van der Waals surface area (Å²) < 4.78 is 0.375. The summed E-state index contributed by atoms with van der Waals surface area (Å²) in [7, 11) is 0. The molecule has 1 aliphatic rings. The zero-order chi connectivity index (χ0) is 13.8. The normalized spacial score (nSPS) is 17.3. The fourth-order valence-electron chi connectivity index (χ4n) is 1.54. The van der Waals surface area contributed by atoms with Crippen LogP contribution in [0.2, 0.25) is 0 Å². The van der Waals surface area contributed by atoms with Crippen molar-refractivity contribution >= 4 is 46.3 Å². The van der Waals surface area contributed by atoms with Gasteiger partial charge in [-0.1, -0.05) is 24.0 Å². The van der Waals surface area contributed by atoms with Crippen LogP contribution >= 0.6 is 24.0 Å². The molecular weight excluding hydrogens is 284 g/mol. The summed E-state index contributed by atoms with van der Waals surface area (Å²) in [5.41, 5.74) is 0.874. The Morgan fingerprint density at radius 3 is 2.79 bits per heavy atom. The zero-order valence-electron chi connectivity index (χ0n) is 9.79. The Kier molecular flexibility index (Phi) is 4.28. The Balaban J connectivity index is 2.14. The molecular formula is C12H10N2O3S2. The number of H-pyrrole nitrogens is 1. The molecule has 7 heteroatoms. The molecule has 1 amide bonds. The van der Waals surface area contributed by atoms with E-state index in [4.69, 9.17) is 12.2 Å². The maximum absolute atomic E-state index is 12.1. The lowest BCUT2D eigenvalue weighted by molar-refractivity contribution is -0.378. The van der Waals surface area contributed by atoms with Gasteiger partial charge in [0.1, 0.15) is 4.32 Å². The zero-order valence-corrected chi connectivity index (χ0v) is 11.4. The molecule has 19 heavy (non-hydrogen) atoms. The van der Waals surface area contributed by atoms with Crippen molar-refractivity contribution < 1.29 is 19.7 Å². The van der Waals surface area contributed by atoms with Gasteiger partial charge in [-0.3, -0.25) is 9.69 Å². The quantitative estimate of drug-likeness (QED) is 0.570. The molecule has 1 aromatic heterocycles. The van der Waals surface area contributed by atoms with Gasteiger partial charge in [0.25, 0.3) is 5.91 Å². The number of carbonyl (C=O) groups excluding carboxylic acids is 2. The molecule has 0 aromatic carbocycles. The van der Waals surface area contributed by atoms with Gasteiger partial charge in [0.05, 0.1) is 4.91 Å². The average Bonchev–Trinajstić information content (AvgIpc) is 2.63. The smallest absolute Gasteiger partial charge is 0.266 e. The summed E-state index contributed by atoms with van der Waals surface area (Å²) in [6.45, 7) is 0.0485. The van der Waals surface area contributed by atoms with Gasteiger partial charge in [-0.2, -0.15) is 0 Å². The maximum atomic E-state index is 12.1. The van der Waals surface area contributed by atoms with Crippen LogP contribution in [0.15, 0.2) is 29.4 Å². The topological polar surface area (TPSA) is 74.6 Å². The number of nitrogens with zero attached hydrogens (tertiary/aromatic N) is 1. The number of thiocarbonyl (C=S) groups is 1. The molecule has 1 N–H and O–H groups in total. The summed E-state index contributed by atoms with van der Waals surface area (Å²) in [4.78, 5) is 27.2. The Hall–Kier alpha value is -1.73. The van der Waals surface area contributed by atoms with E-state index in [1.807, 2.05) is 12.1 Å². The van der Waals surface area contributed by atoms with Crippen molar-refractivity contribution in [3.05, 3.63) is 35.0 Å². The van der Waals surface area contributed by atoms with Crippen LogP contribution in [0.1, 0.15) is 12.0 Å². The minimum atomic E-state index is -1.20. The van der Waals surface area contributed by atoms with E-state index in [2.05, 4.69) is 4.98 Å². The molecule has 98 valence electrons. The Morgan fingerprint density at radius 2 is 2.16 bits per heavy atom. The Labute approximate surface area is 119 Å². The van der Waals surface area contributed by atoms with E-state index in [0.717, 1.165) is 5.56 Å². The standard InChI is InChI=1S/C12H10N2O3S2/c15-10(16)3-6-14-11(17)9(19-12(14)18)7-8-1-4-13-5-2-8/h1-2,4-5,7H,3,6H2,(H,15,16). The van der Waals surface area contributed by atoms with Gasteiger partial charge >= 0.3 is 0 Å². The third kappa shape index (κ3) is 3.39. The molecule has 0 unspecified atom stereocenters. The van der Waals surface area contributed by atoms with Crippen LogP contribution in [0, 0.1) is 0 Å². The molecule has 0 bridgehead atoms. The van der Waals surface area contributed by atoms with Crippen molar-refractivity contribution in [2.24, 2.45) is 0 Å². The van der Waals surface area contributed by atoms with E-state index in [1.54, 1.807) is 18.5 Å². The van der Waals surface area contributed by atoms with Gasteiger partial charge < -0.3 is 9.90 Å². The number of rotatable bonds is 4. The highest BCUT2D eigenvalue weighted by atomic mass is 32.2. The first-order valence-electron chi connectivity index (χ1n) is 5.49. The predicted molar refractivity (Wildman–Crippen MR) is 72.5 cm³/mol. The van der Waals surface area contributed by atoms with Crippen LogP contribution in [0.5, 0.6) is 0 Å². The monoisotopic (exact) mass is 294 g/mol. The highest BCUT2D eigenvalue weighted by Gasteiger charge is 2.31. The number of carbonyl (C=O) groups is 2. The van der Waals surface area contributed by atoms with Crippen molar-refractivity contribution in [2.75, 3.05) is 6.54 Å². The second-order valence-electron chi connectivity index (χ2n) is 3.79. The summed E-state index contributed by atoms with van der Waals surface area (Å²) in [6, 6.07) is 3.65. The molecule has 2 heterocycles. The lowest BCUT2D eigenvalue weighted by Gasteiger charge is -2.14. The van der Waals surface area contributed by atoms with Crippen LogP contribution in [-0.4, -0.2) is 27.6 Å². The molecule has 1 aromatic rings. The summed E-state index contributed by atoms with van der Waals surface area (Å²) in [6.07, 6.45) is 5.01. The van der Waals surface area contributed by atoms with E-state index in [9.17, 15) is 14.7 Å². The minimum absolute atomic E-state index is 0.0485. The predicted octanol–water partition coefficient (Wildman–Crippen LogP) is -0.158. The first-order chi connectivity index (χ1) is 9.08. The number of hydrogen-bond donors (Lipinski definition) is 0. The number of nitrogens with one attached hydrogen (secondary N) is 1. The second-order valence-corrected chi connectivity index (χ2v) is 5.46. The van der Waals surface area contributed by atoms with E-state index < -0.39 is 5.97 Å². The van der Waals surface area contributed by atoms with Crippen molar-refractivity contribution in [1.82, 2.24) is 4.90 Å². The van der Waals surface area contributed by atoms with Crippen LogP contribution in [0.4, 0.5) is 0 Å². The summed E-state index contributed by atoms with van der Waals surface area (Å²) in [5, 5.41) is 10.4. The van der Waals surface area contributed by atoms with Crippen LogP contribution in [0.3, 0.4) is 0 Å². The largest absolute Gasteiger partial charge is 0.550 e. The number of aliphatic carboxylic acids is 1. The van der Waals surface area contributed by atoms with E-state index >= 15 is 0 Å². The number of carboxylic acid groups (broad SMARTS) is 1. The molecule has 0 atom stereocenters. The molecule has 5 nitrogen and oxygen atoms in total. The van der Waals surface area contributed by atoms with E-state index in [0.29, 0.717) is 9.23 Å². The number of thioether (sulfide) groups is 1. The van der Waals surface area contributed by atoms with E-state index in [-0.39, 0.29) is 18.9 Å². The van der Waals surface area contributed by atoms with Crippen molar-refractivity contribution in [3.63, 3.8) is 0 Å². The van der Waals surface area contributed by atoms with E-state index in [1.165, 1.54) is 16.7 Å². The maximum Gasteiger partial charge on any atom is 0.266 e. The molecule has 0 aliphatic carbocycles. The highest BCUT2D eigenvalue weighted by molar-refractivity contribution is 8.26. The van der Waals surface area contributed by atoms with Crippen LogP contribution in [-0.2, 0) is 9.59 Å². The first-order valence-corrected chi connectivity index (χ1v) is 6.72. The van der Waals surface area contributed by atoms with Crippen molar-refractivity contribution in [2.45, 2.75) is 6.42 Å². The molecule has 0 radical (unpaired) electrons. The number of pyridine rings is 1. The van der Waals surface area contributed by atoms with Gasteiger partial charge in [0, 0.05) is 31.1 Å². The number of aromatic amines is 1. The highest BCUT2D eigenvalue weighted by Crippen LogP contribution is 2.32. The number of hydrogen-bond acceptors (Lipinski definition) is 5. The van der Waals surface area contributed by atoms with Gasteiger partial charge in [-0.15, -0.1) is 0 Å². The molecule has 1 saturated heterocycles.